The molecule has 1 unspecified atom stereocenters. The van der Waals surface area contributed by atoms with Crippen molar-refractivity contribution in [1.29, 1.82) is 0 Å². The van der Waals surface area contributed by atoms with Crippen LogP contribution in [-0.4, -0.2) is 76.9 Å². The fourth-order valence-corrected chi connectivity index (χ4v) is 5.09. The number of amides is 1. The summed E-state index contributed by atoms with van der Waals surface area (Å²) in [5.41, 5.74) is 0.00552. The minimum absolute atomic E-state index is 0.00552. The number of alkyl halides is 3. The maximum absolute atomic E-state index is 13.1. The SMILES string of the molecule is CS(=O)(=O)N1CCCC(NC(=O)C2CCN(c3ccc4nnc(C(F)(F)F)n4n3)CC2)C1. The number of carbonyl (C=O) groups excluding carboxylic acids is 1. The third-order valence-electron chi connectivity index (χ3n) is 5.89. The normalized spacial score (nSPS) is 21.8. The highest BCUT2D eigenvalue weighted by Gasteiger charge is 2.38. The summed E-state index contributed by atoms with van der Waals surface area (Å²) in [5.74, 6) is -1.19. The van der Waals surface area contributed by atoms with Gasteiger partial charge in [0.05, 0.1) is 6.26 Å². The number of sulfonamides is 1. The topological polar surface area (TPSA) is 113 Å². The molecule has 14 heteroatoms. The summed E-state index contributed by atoms with van der Waals surface area (Å²) in [4.78, 5) is 14.5. The van der Waals surface area contributed by atoms with E-state index in [1.54, 1.807) is 6.07 Å². The van der Waals surface area contributed by atoms with Crippen molar-refractivity contribution >= 4 is 27.4 Å². The molecule has 0 aliphatic carbocycles. The average Bonchev–Trinajstić information content (AvgIpc) is 3.17. The first kappa shape index (κ1) is 22.7. The lowest BCUT2D eigenvalue weighted by atomic mass is 9.95. The van der Waals surface area contributed by atoms with Gasteiger partial charge in [-0.2, -0.15) is 17.7 Å². The Hall–Kier alpha value is -2.48. The predicted molar refractivity (Wildman–Crippen MR) is 108 cm³/mol. The van der Waals surface area contributed by atoms with Crippen molar-refractivity contribution in [2.24, 2.45) is 5.92 Å². The van der Waals surface area contributed by atoms with Gasteiger partial charge >= 0.3 is 6.18 Å². The molecule has 1 amide bonds. The largest absolute Gasteiger partial charge is 0.453 e. The van der Waals surface area contributed by atoms with Gasteiger partial charge < -0.3 is 10.2 Å². The first-order valence-corrected chi connectivity index (χ1v) is 12.2. The molecule has 0 aromatic carbocycles. The molecule has 2 saturated heterocycles. The second-order valence-electron chi connectivity index (χ2n) is 8.21. The molecule has 2 fully saturated rings. The minimum Gasteiger partial charge on any atom is -0.355 e. The van der Waals surface area contributed by atoms with E-state index in [2.05, 4.69) is 20.6 Å². The number of carbonyl (C=O) groups is 1. The molecule has 4 heterocycles. The van der Waals surface area contributed by atoms with Crippen LogP contribution < -0.4 is 10.2 Å². The van der Waals surface area contributed by atoms with E-state index in [0.717, 1.165) is 12.7 Å². The van der Waals surface area contributed by atoms with E-state index in [-0.39, 0.29) is 30.1 Å². The van der Waals surface area contributed by atoms with Crippen molar-refractivity contribution in [3.63, 3.8) is 0 Å². The van der Waals surface area contributed by atoms with Crippen molar-refractivity contribution in [3.8, 4) is 0 Å². The zero-order chi connectivity index (χ0) is 23.1. The van der Waals surface area contributed by atoms with Crippen molar-refractivity contribution in [2.75, 3.05) is 37.3 Å². The van der Waals surface area contributed by atoms with E-state index in [0.29, 0.717) is 49.2 Å². The van der Waals surface area contributed by atoms with Crippen LogP contribution in [0.5, 0.6) is 0 Å². The summed E-state index contributed by atoms with van der Waals surface area (Å²) < 4.78 is 64.9. The van der Waals surface area contributed by atoms with Crippen LogP contribution in [-0.2, 0) is 21.0 Å². The van der Waals surface area contributed by atoms with Crippen LogP contribution in [0.25, 0.3) is 5.65 Å². The van der Waals surface area contributed by atoms with Crippen LogP contribution in [0, 0.1) is 5.92 Å². The molecule has 2 aliphatic heterocycles. The average molecular weight is 475 g/mol. The molecule has 0 saturated carbocycles. The number of aromatic nitrogens is 4. The zero-order valence-electron chi connectivity index (χ0n) is 17.4. The number of nitrogens with zero attached hydrogens (tertiary/aromatic N) is 6. The summed E-state index contributed by atoms with van der Waals surface area (Å²) >= 11 is 0. The number of nitrogens with one attached hydrogen (secondary N) is 1. The van der Waals surface area contributed by atoms with E-state index in [1.807, 2.05) is 4.90 Å². The van der Waals surface area contributed by atoms with Gasteiger partial charge in [-0.05, 0) is 37.8 Å². The Labute approximate surface area is 182 Å². The Bertz CT molecular complexity index is 1100. The maximum Gasteiger partial charge on any atom is 0.453 e. The fourth-order valence-electron chi connectivity index (χ4n) is 4.18. The lowest BCUT2D eigenvalue weighted by molar-refractivity contribution is -0.146. The Morgan fingerprint density at radius 3 is 2.50 bits per heavy atom. The number of anilines is 1. The van der Waals surface area contributed by atoms with Gasteiger partial charge in [0, 0.05) is 38.1 Å². The molecule has 2 aromatic rings. The van der Waals surface area contributed by atoms with Gasteiger partial charge in [0.1, 0.15) is 5.82 Å². The van der Waals surface area contributed by atoms with Crippen molar-refractivity contribution in [2.45, 2.75) is 37.9 Å². The summed E-state index contributed by atoms with van der Waals surface area (Å²) in [7, 11) is -3.29. The van der Waals surface area contributed by atoms with Gasteiger partial charge in [0.2, 0.25) is 15.9 Å². The van der Waals surface area contributed by atoms with Crippen molar-refractivity contribution in [1.82, 2.24) is 29.4 Å². The predicted octanol–water partition coefficient (Wildman–Crippen LogP) is 0.900. The van der Waals surface area contributed by atoms with E-state index in [1.165, 1.54) is 10.4 Å². The minimum atomic E-state index is -4.66. The highest BCUT2D eigenvalue weighted by atomic mass is 32.2. The first-order chi connectivity index (χ1) is 15.0. The fraction of sp³-hybridized carbons (Fsp3) is 0.667. The van der Waals surface area contributed by atoms with Gasteiger partial charge in [0.25, 0.3) is 5.82 Å². The summed E-state index contributed by atoms with van der Waals surface area (Å²) in [6, 6.07) is 2.80. The molecule has 1 atom stereocenters. The highest BCUT2D eigenvalue weighted by Crippen LogP contribution is 2.29. The molecule has 0 spiro atoms. The lowest BCUT2D eigenvalue weighted by Crippen LogP contribution is -2.51. The van der Waals surface area contributed by atoms with Crippen LogP contribution >= 0.6 is 0 Å². The van der Waals surface area contributed by atoms with Gasteiger partial charge in [-0.3, -0.25) is 4.79 Å². The number of hydrogen-bond donors (Lipinski definition) is 1. The van der Waals surface area contributed by atoms with E-state index < -0.39 is 22.0 Å². The monoisotopic (exact) mass is 475 g/mol. The molecule has 10 nitrogen and oxygen atoms in total. The van der Waals surface area contributed by atoms with Crippen LogP contribution in [0.3, 0.4) is 0 Å². The summed E-state index contributed by atoms with van der Waals surface area (Å²) in [6.45, 7) is 1.65. The molecular formula is C18H24F3N7O3S. The quantitative estimate of drug-likeness (QED) is 0.699. The molecule has 0 radical (unpaired) electrons. The number of piperidine rings is 2. The number of rotatable bonds is 4. The zero-order valence-corrected chi connectivity index (χ0v) is 18.2. The number of fused-ring (bicyclic) bond motifs is 1. The van der Waals surface area contributed by atoms with Crippen LogP contribution in [0.1, 0.15) is 31.5 Å². The third-order valence-corrected chi connectivity index (χ3v) is 7.16. The van der Waals surface area contributed by atoms with E-state index >= 15 is 0 Å². The van der Waals surface area contributed by atoms with Crippen LogP contribution in [0.15, 0.2) is 12.1 Å². The Morgan fingerprint density at radius 1 is 1.12 bits per heavy atom. The molecule has 176 valence electrons. The van der Waals surface area contributed by atoms with E-state index in [9.17, 15) is 26.4 Å². The molecule has 1 N–H and O–H groups in total. The first-order valence-electron chi connectivity index (χ1n) is 10.3. The Morgan fingerprint density at radius 2 is 1.84 bits per heavy atom. The second kappa shape index (κ2) is 8.46. The van der Waals surface area contributed by atoms with Gasteiger partial charge in [0.15, 0.2) is 5.65 Å². The van der Waals surface area contributed by atoms with Gasteiger partial charge in [-0.15, -0.1) is 15.3 Å². The lowest BCUT2D eigenvalue weighted by Gasteiger charge is -2.35. The molecule has 2 aromatic heterocycles. The van der Waals surface area contributed by atoms with Crippen molar-refractivity contribution in [3.05, 3.63) is 18.0 Å². The van der Waals surface area contributed by atoms with Gasteiger partial charge in [-0.25, -0.2) is 12.7 Å². The Kier molecular flexibility index (Phi) is 6.00. The van der Waals surface area contributed by atoms with Crippen LogP contribution in [0.2, 0.25) is 0 Å². The van der Waals surface area contributed by atoms with E-state index in [4.69, 9.17) is 0 Å². The molecule has 2 aliphatic rings. The maximum atomic E-state index is 13.1. The van der Waals surface area contributed by atoms with Gasteiger partial charge in [-0.1, -0.05) is 0 Å². The number of hydrogen-bond acceptors (Lipinski definition) is 7. The summed E-state index contributed by atoms with van der Waals surface area (Å²) in [5, 5.41) is 13.7. The summed E-state index contributed by atoms with van der Waals surface area (Å²) in [6.07, 6.45) is -1.06. The smallest absolute Gasteiger partial charge is 0.355 e. The molecule has 32 heavy (non-hydrogen) atoms. The Balaban J connectivity index is 1.36. The standard InChI is InChI=1S/C18H24F3N7O3S/c1-32(30,31)27-8-2-3-13(11-27)22-16(29)12-6-9-26(10-7-12)15-5-4-14-23-24-17(18(19,20)21)28(14)25-15/h4-5,12-13H,2-3,6-11H2,1H3,(H,22,29). The molecule has 4 rings (SSSR count). The van der Waals surface area contributed by atoms with Crippen LogP contribution in [0.4, 0.5) is 19.0 Å². The molecular weight excluding hydrogens is 451 g/mol. The third kappa shape index (κ3) is 4.80. The second-order valence-corrected chi connectivity index (χ2v) is 10.2. The molecule has 0 bridgehead atoms. The number of halogens is 3. The highest BCUT2D eigenvalue weighted by molar-refractivity contribution is 7.88. The van der Waals surface area contributed by atoms with Crippen molar-refractivity contribution < 1.29 is 26.4 Å².